The van der Waals surface area contributed by atoms with Crippen molar-refractivity contribution in [1.29, 1.82) is 0 Å². The molecule has 0 fully saturated rings. The quantitative estimate of drug-likeness (QED) is 0.735. The maximum atomic E-state index is 11.6. The molecule has 7 heteroatoms. The van der Waals surface area contributed by atoms with E-state index in [1.54, 1.807) is 48.7 Å². The Labute approximate surface area is 151 Å². The van der Waals surface area contributed by atoms with Crippen LogP contribution in [-0.4, -0.2) is 25.6 Å². The lowest BCUT2D eigenvalue weighted by Gasteiger charge is -2.10. The zero-order chi connectivity index (χ0) is 18.9. The van der Waals surface area contributed by atoms with Gasteiger partial charge < -0.3 is 11.5 Å². The second-order valence-electron chi connectivity index (χ2n) is 5.90. The first-order valence-corrected chi connectivity index (χ1v) is 9.61. The molecule has 0 spiro atoms. The number of primary amides is 1. The van der Waals surface area contributed by atoms with E-state index < -0.39 is 15.7 Å². The van der Waals surface area contributed by atoms with Crippen molar-refractivity contribution in [2.24, 2.45) is 5.73 Å². The first-order valence-electron chi connectivity index (χ1n) is 7.72. The third-order valence-corrected chi connectivity index (χ3v) is 5.12. The number of carbonyl (C=O) groups excluding carboxylic acids is 1. The SMILES string of the molecule is CS(=O)(=O)c1ccc(-c2cnc(N)c(-c3cccc(C(N)=O)c3)c2)cc1. The second kappa shape index (κ2) is 6.61. The number of benzene rings is 2. The van der Waals surface area contributed by atoms with Crippen LogP contribution < -0.4 is 11.5 Å². The number of hydrogen-bond donors (Lipinski definition) is 2. The summed E-state index contributed by atoms with van der Waals surface area (Å²) in [4.78, 5) is 15.9. The second-order valence-corrected chi connectivity index (χ2v) is 7.91. The van der Waals surface area contributed by atoms with Gasteiger partial charge in [0.25, 0.3) is 0 Å². The number of anilines is 1. The highest BCUT2D eigenvalue weighted by atomic mass is 32.2. The number of amides is 1. The molecule has 4 N–H and O–H groups in total. The molecule has 132 valence electrons. The number of pyridine rings is 1. The van der Waals surface area contributed by atoms with Gasteiger partial charge in [-0.3, -0.25) is 4.79 Å². The van der Waals surface area contributed by atoms with Gasteiger partial charge >= 0.3 is 0 Å². The summed E-state index contributed by atoms with van der Waals surface area (Å²) in [5.74, 6) is -0.200. The Morgan fingerprint density at radius 2 is 1.65 bits per heavy atom. The number of sulfone groups is 1. The molecule has 1 heterocycles. The van der Waals surface area contributed by atoms with E-state index in [-0.39, 0.29) is 4.90 Å². The molecule has 0 aliphatic carbocycles. The maximum Gasteiger partial charge on any atom is 0.248 e. The van der Waals surface area contributed by atoms with Crippen molar-refractivity contribution in [3.05, 3.63) is 66.4 Å². The van der Waals surface area contributed by atoms with Crippen LogP contribution >= 0.6 is 0 Å². The molecule has 26 heavy (non-hydrogen) atoms. The molecular formula is C19H17N3O3S. The molecule has 1 aromatic heterocycles. The van der Waals surface area contributed by atoms with E-state index in [1.807, 2.05) is 12.1 Å². The van der Waals surface area contributed by atoms with Crippen LogP contribution in [0.3, 0.4) is 0 Å². The number of nitrogens with two attached hydrogens (primary N) is 2. The van der Waals surface area contributed by atoms with E-state index in [0.29, 0.717) is 16.9 Å². The summed E-state index contributed by atoms with van der Waals surface area (Å²) < 4.78 is 23.2. The molecule has 3 rings (SSSR count). The van der Waals surface area contributed by atoms with Crippen LogP contribution in [0.2, 0.25) is 0 Å². The summed E-state index contributed by atoms with van der Waals surface area (Å²) in [6.45, 7) is 0. The third-order valence-electron chi connectivity index (χ3n) is 3.99. The summed E-state index contributed by atoms with van der Waals surface area (Å²) in [5.41, 5.74) is 14.7. The van der Waals surface area contributed by atoms with Crippen LogP contribution in [0.5, 0.6) is 0 Å². The van der Waals surface area contributed by atoms with Crippen LogP contribution in [-0.2, 0) is 9.84 Å². The normalized spacial score (nSPS) is 11.3. The highest BCUT2D eigenvalue weighted by Crippen LogP contribution is 2.30. The summed E-state index contributed by atoms with van der Waals surface area (Å²) in [5, 5.41) is 0. The lowest BCUT2D eigenvalue weighted by molar-refractivity contribution is 0.100. The minimum atomic E-state index is -3.25. The predicted octanol–water partition coefficient (Wildman–Crippen LogP) is 2.50. The molecular weight excluding hydrogens is 350 g/mol. The molecule has 2 aromatic carbocycles. The van der Waals surface area contributed by atoms with Crippen LogP contribution in [0, 0.1) is 0 Å². The predicted molar refractivity (Wildman–Crippen MR) is 101 cm³/mol. The van der Waals surface area contributed by atoms with Crippen molar-refractivity contribution in [2.45, 2.75) is 4.90 Å². The number of nitrogens with zero attached hydrogens (tertiary/aromatic N) is 1. The molecule has 0 aliphatic heterocycles. The van der Waals surface area contributed by atoms with Gasteiger partial charge in [0.15, 0.2) is 9.84 Å². The minimum absolute atomic E-state index is 0.249. The van der Waals surface area contributed by atoms with Crippen LogP contribution in [0.15, 0.2) is 65.7 Å². The Balaban J connectivity index is 2.06. The Kier molecular flexibility index (Phi) is 4.48. The number of carbonyl (C=O) groups is 1. The Morgan fingerprint density at radius 3 is 2.27 bits per heavy atom. The molecule has 6 nitrogen and oxygen atoms in total. The van der Waals surface area contributed by atoms with Crippen molar-refractivity contribution < 1.29 is 13.2 Å². The van der Waals surface area contributed by atoms with Gasteiger partial charge in [0.1, 0.15) is 5.82 Å². The fourth-order valence-electron chi connectivity index (χ4n) is 2.60. The molecule has 0 aliphatic rings. The zero-order valence-corrected chi connectivity index (χ0v) is 14.8. The molecule has 3 aromatic rings. The molecule has 0 atom stereocenters. The summed E-state index contributed by atoms with van der Waals surface area (Å²) in [7, 11) is -3.25. The van der Waals surface area contributed by atoms with E-state index in [0.717, 1.165) is 22.9 Å². The van der Waals surface area contributed by atoms with Crippen molar-refractivity contribution in [3.63, 3.8) is 0 Å². The summed E-state index contributed by atoms with van der Waals surface area (Å²) >= 11 is 0. The van der Waals surface area contributed by atoms with Gasteiger partial charge in [-0.15, -0.1) is 0 Å². The van der Waals surface area contributed by atoms with Crippen molar-refractivity contribution in [1.82, 2.24) is 4.98 Å². The molecule has 0 radical (unpaired) electrons. The van der Waals surface area contributed by atoms with Crippen molar-refractivity contribution >= 4 is 21.6 Å². The minimum Gasteiger partial charge on any atom is -0.383 e. The average Bonchev–Trinajstić information content (AvgIpc) is 2.61. The van der Waals surface area contributed by atoms with Crippen molar-refractivity contribution in [3.8, 4) is 22.3 Å². The Bertz CT molecular complexity index is 1090. The van der Waals surface area contributed by atoms with E-state index in [4.69, 9.17) is 11.5 Å². The van der Waals surface area contributed by atoms with Gasteiger partial charge in [-0.2, -0.15) is 0 Å². The van der Waals surface area contributed by atoms with E-state index >= 15 is 0 Å². The maximum absolute atomic E-state index is 11.6. The Hall–Kier alpha value is -3.19. The summed E-state index contributed by atoms with van der Waals surface area (Å²) in [6.07, 6.45) is 2.78. The standard InChI is InChI=1S/C19H17N3O3S/c1-26(24,25)16-7-5-12(6-8-16)15-10-17(18(20)22-11-15)13-3-2-4-14(9-13)19(21)23/h2-11H,1H3,(H2,20,22)(H2,21,23). The van der Waals surface area contributed by atoms with Gasteiger partial charge in [-0.25, -0.2) is 13.4 Å². The smallest absolute Gasteiger partial charge is 0.248 e. The molecule has 0 unspecified atom stereocenters. The van der Waals surface area contributed by atoms with Crippen LogP contribution in [0.1, 0.15) is 10.4 Å². The van der Waals surface area contributed by atoms with Crippen molar-refractivity contribution in [2.75, 3.05) is 12.0 Å². The number of nitrogen functional groups attached to an aromatic ring is 1. The lowest BCUT2D eigenvalue weighted by Crippen LogP contribution is -2.10. The van der Waals surface area contributed by atoms with E-state index in [2.05, 4.69) is 4.98 Å². The number of aromatic nitrogens is 1. The molecule has 0 bridgehead atoms. The molecule has 0 saturated carbocycles. The van der Waals surface area contributed by atoms with Gasteiger partial charge in [0.2, 0.25) is 5.91 Å². The number of rotatable bonds is 4. The summed E-state index contributed by atoms with van der Waals surface area (Å²) in [6, 6.07) is 15.2. The topological polar surface area (TPSA) is 116 Å². The van der Waals surface area contributed by atoms with Gasteiger partial charge in [-0.1, -0.05) is 24.3 Å². The number of hydrogen-bond acceptors (Lipinski definition) is 5. The van der Waals surface area contributed by atoms with E-state index in [1.165, 1.54) is 0 Å². The van der Waals surface area contributed by atoms with Gasteiger partial charge in [-0.05, 0) is 41.5 Å². The fraction of sp³-hybridized carbons (Fsp3) is 0.0526. The monoisotopic (exact) mass is 367 g/mol. The molecule has 1 amide bonds. The zero-order valence-electron chi connectivity index (χ0n) is 14.0. The van der Waals surface area contributed by atoms with Gasteiger partial charge in [0, 0.05) is 29.1 Å². The Morgan fingerprint density at radius 1 is 0.962 bits per heavy atom. The van der Waals surface area contributed by atoms with Crippen LogP contribution in [0.25, 0.3) is 22.3 Å². The first kappa shape index (κ1) is 17.6. The lowest BCUT2D eigenvalue weighted by atomic mass is 9.99. The average molecular weight is 367 g/mol. The highest BCUT2D eigenvalue weighted by Gasteiger charge is 2.11. The molecule has 0 saturated heterocycles. The fourth-order valence-corrected chi connectivity index (χ4v) is 3.23. The highest BCUT2D eigenvalue weighted by molar-refractivity contribution is 7.90. The van der Waals surface area contributed by atoms with E-state index in [9.17, 15) is 13.2 Å². The van der Waals surface area contributed by atoms with Crippen LogP contribution in [0.4, 0.5) is 5.82 Å². The third kappa shape index (κ3) is 3.57. The largest absolute Gasteiger partial charge is 0.383 e. The first-order chi connectivity index (χ1) is 12.3. The van der Waals surface area contributed by atoms with Gasteiger partial charge in [0.05, 0.1) is 4.90 Å².